The molecule has 0 bridgehead atoms. The molecule has 0 spiro atoms. The van der Waals surface area contributed by atoms with Crippen LogP contribution in [0, 0.1) is 6.92 Å². The van der Waals surface area contributed by atoms with Gasteiger partial charge in [0.05, 0.1) is 11.3 Å². The minimum absolute atomic E-state index is 0.289. The SMILES string of the molecule is Cc1ccc(-n2nnnc2C2CCCCC2)cc1C(=O)O. The molecular formula is C15H18N4O2. The molecule has 0 atom stereocenters. The number of aromatic carboxylic acids is 1. The largest absolute Gasteiger partial charge is 0.478 e. The average molecular weight is 286 g/mol. The number of aromatic nitrogens is 4. The highest BCUT2D eigenvalue weighted by Crippen LogP contribution is 2.32. The molecular weight excluding hydrogens is 268 g/mol. The van der Waals surface area contributed by atoms with Crippen LogP contribution in [0.4, 0.5) is 0 Å². The molecule has 0 unspecified atom stereocenters. The number of carbonyl (C=O) groups is 1. The molecule has 1 aliphatic rings. The van der Waals surface area contributed by atoms with Crippen LogP contribution < -0.4 is 0 Å². The minimum Gasteiger partial charge on any atom is -0.478 e. The molecule has 110 valence electrons. The van der Waals surface area contributed by atoms with E-state index in [4.69, 9.17) is 0 Å². The Bertz CT molecular complexity index is 659. The second kappa shape index (κ2) is 5.63. The molecule has 6 heteroatoms. The van der Waals surface area contributed by atoms with Gasteiger partial charge in [-0.2, -0.15) is 4.68 Å². The van der Waals surface area contributed by atoms with E-state index in [0.29, 0.717) is 11.6 Å². The van der Waals surface area contributed by atoms with Crippen molar-refractivity contribution in [3.8, 4) is 5.69 Å². The van der Waals surface area contributed by atoms with Gasteiger partial charge in [0.1, 0.15) is 0 Å². The number of aryl methyl sites for hydroxylation is 1. The third kappa shape index (κ3) is 2.66. The third-order valence-corrected chi connectivity index (χ3v) is 4.16. The zero-order valence-corrected chi connectivity index (χ0v) is 12.0. The van der Waals surface area contributed by atoms with Gasteiger partial charge in [-0.25, -0.2) is 4.79 Å². The molecule has 1 aromatic heterocycles. The normalized spacial score (nSPS) is 16.0. The van der Waals surface area contributed by atoms with Gasteiger partial charge in [-0.15, -0.1) is 5.10 Å². The smallest absolute Gasteiger partial charge is 0.336 e. The van der Waals surface area contributed by atoms with Gasteiger partial charge in [0, 0.05) is 5.92 Å². The van der Waals surface area contributed by atoms with Crippen LogP contribution in [0.2, 0.25) is 0 Å². The van der Waals surface area contributed by atoms with Crippen LogP contribution in [-0.2, 0) is 0 Å². The number of benzene rings is 1. The Morgan fingerprint density at radius 3 is 2.76 bits per heavy atom. The summed E-state index contributed by atoms with van der Waals surface area (Å²) in [5.74, 6) is 0.278. The van der Waals surface area contributed by atoms with Gasteiger partial charge >= 0.3 is 5.97 Å². The van der Waals surface area contributed by atoms with E-state index in [1.165, 1.54) is 19.3 Å². The zero-order chi connectivity index (χ0) is 14.8. The molecule has 1 N–H and O–H groups in total. The summed E-state index contributed by atoms with van der Waals surface area (Å²) in [5.41, 5.74) is 1.74. The van der Waals surface area contributed by atoms with Gasteiger partial charge < -0.3 is 5.11 Å². The number of carboxylic acid groups (broad SMARTS) is 1. The van der Waals surface area contributed by atoms with Crippen LogP contribution in [0.25, 0.3) is 5.69 Å². The van der Waals surface area contributed by atoms with Crippen molar-refractivity contribution < 1.29 is 9.90 Å². The van der Waals surface area contributed by atoms with Crippen molar-refractivity contribution in [2.75, 3.05) is 0 Å². The fourth-order valence-electron chi connectivity index (χ4n) is 2.97. The Morgan fingerprint density at radius 1 is 1.29 bits per heavy atom. The van der Waals surface area contributed by atoms with E-state index in [0.717, 1.165) is 24.2 Å². The summed E-state index contributed by atoms with van der Waals surface area (Å²) in [5, 5.41) is 21.3. The number of tetrazole rings is 1. The van der Waals surface area contributed by atoms with E-state index in [1.807, 2.05) is 6.07 Å². The molecule has 2 aromatic rings. The molecule has 1 saturated carbocycles. The molecule has 0 saturated heterocycles. The van der Waals surface area contributed by atoms with Gasteiger partial charge in [0.15, 0.2) is 5.82 Å². The summed E-state index contributed by atoms with van der Waals surface area (Å²) >= 11 is 0. The topological polar surface area (TPSA) is 80.9 Å². The Morgan fingerprint density at radius 2 is 2.05 bits per heavy atom. The maximum Gasteiger partial charge on any atom is 0.336 e. The van der Waals surface area contributed by atoms with Crippen LogP contribution in [0.1, 0.15) is 59.8 Å². The Hall–Kier alpha value is -2.24. The quantitative estimate of drug-likeness (QED) is 0.938. The van der Waals surface area contributed by atoms with Crippen LogP contribution in [0.15, 0.2) is 18.2 Å². The Kier molecular flexibility index (Phi) is 3.68. The van der Waals surface area contributed by atoms with E-state index in [-0.39, 0.29) is 5.56 Å². The predicted octanol–water partition coefficient (Wildman–Crippen LogP) is 2.72. The standard InChI is InChI=1S/C15H18N4O2/c1-10-7-8-12(9-13(10)15(20)21)19-14(16-17-18-19)11-5-3-2-4-6-11/h7-9,11H,2-6H2,1H3,(H,20,21). The van der Waals surface area contributed by atoms with E-state index >= 15 is 0 Å². The van der Waals surface area contributed by atoms with E-state index in [2.05, 4.69) is 15.5 Å². The minimum atomic E-state index is -0.929. The first-order chi connectivity index (χ1) is 10.2. The average Bonchev–Trinajstić information content (AvgIpc) is 2.98. The van der Waals surface area contributed by atoms with Crippen molar-refractivity contribution in [3.63, 3.8) is 0 Å². The third-order valence-electron chi connectivity index (χ3n) is 4.16. The number of hydrogen-bond donors (Lipinski definition) is 1. The number of nitrogens with zero attached hydrogens (tertiary/aromatic N) is 4. The van der Waals surface area contributed by atoms with Crippen molar-refractivity contribution in [2.24, 2.45) is 0 Å². The second-order valence-corrected chi connectivity index (χ2v) is 5.59. The number of carboxylic acids is 1. The van der Waals surface area contributed by atoms with Crippen LogP contribution >= 0.6 is 0 Å². The van der Waals surface area contributed by atoms with Gasteiger partial charge in [0.2, 0.25) is 0 Å². The van der Waals surface area contributed by atoms with Gasteiger partial charge in [-0.1, -0.05) is 25.3 Å². The van der Waals surface area contributed by atoms with Crippen molar-refractivity contribution in [1.82, 2.24) is 20.2 Å². The lowest BCUT2D eigenvalue weighted by Gasteiger charge is -2.20. The first kappa shape index (κ1) is 13.7. The monoisotopic (exact) mass is 286 g/mol. The summed E-state index contributed by atoms with van der Waals surface area (Å²) in [4.78, 5) is 11.3. The van der Waals surface area contributed by atoms with Gasteiger partial charge in [0.25, 0.3) is 0 Å². The highest BCUT2D eigenvalue weighted by atomic mass is 16.4. The molecule has 3 rings (SSSR count). The van der Waals surface area contributed by atoms with Crippen molar-refractivity contribution in [3.05, 3.63) is 35.2 Å². The van der Waals surface area contributed by atoms with E-state index < -0.39 is 5.97 Å². The summed E-state index contributed by atoms with van der Waals surface area (Å²) in [6.45, 7) is 1.79. The van der Waals surface area contributed by atoms with Gasteiger partial charge in [-0.05, 0) is 47.9 Å². The predicted molar refractivity (Wildman–Crippen MR) is 76.7 cm³/mol. The first-order valence-corrected chi connectivity index (χ1v) is 7.29. The Labute approximate surface area is 122 Å². The second-order valence-electron chi connectivity index (χ2n) is 5.59. The maximum atomic E-state index is 11.3. The molecule has 21 heavy (non-hydrogen) atoms. The molecule has 6 nitrogen and oxygen atoms in total. The molecule has 0 radical (unpaired) electrons. The molecule has 0 amide bonds. The molecule has 1 aliphatic carbocycles. The van der Waals surface area contributed by atoms with Crippen LogP contribution in [0.3, 0.4) is 0 Å². The van der Waals surface area contributed by atoms with Crippen LogP contribution in [0.5, 0.6) is 0 Å². The molecule has 0 aliphatic heterocycles. The number of hydrogen-bond acceptors (Lipinski definition) is 4. The molecule has 1 heterocycles. The molecule has 1 aromatic carbocycles. The highest BCUT2D eigenvalue weighted by molar-refractivity contribution is 5.90. The van der Waals surface area contributed by atoms with Crippen LogP contribution in [-0.4, -0.2) is 31.3 Å². The van der Waals surface area contributed by atoms with Crippen molar-refractivity contribution >= 4 is 5.97 Å². The lowest BCUT2D eigenvalue weighted by Crippen LogP contribution is -2.13. The summed E-state index contributed by atoms with van der Waals surface area (Å²) < 4.78 is 1.68. The number of rotatable bonds is 3. The highest BCUT2D eigenvalue weighted by Gasteiger charge is 2.22. The fourth-order valence-corrected chi connectivity index (χ4v) is 2.97. The van der Waals surface area contributed by atoms with E-state index in [1.54, 1.807) is 23.7 Å². The van der Waals surface area contributed by atoms with Gasteiger partial charge in [-0.3, -0.25) is 0 Å². The Balaban J connectivity index is 1.99. The maximum absolute atomic E-state index is 11.3. The van der Waals surface area contributed by atoms with Crippen molar-refractivity contribution in [2.45, 2.75) is 44.9 Å². The zero-order valence-electron chi connectivity index (χ0n) is 12.0. The molecule has 1 fully saturated rings. The van der Waals surface area contributed by atoms with E-state index in [9.17, 15) is 9.90 Å². The van der Waals surface area contributed by atoms with Crippen molar-refractivity contribution in [1.29, 1.82) is 0 Å². The summed E-state index contributed by atoms with van der Waals surface area (Å²) in [7, 11) is 0. The summed E-state index contributed by atoms with van der Waals surface area (Å²) in [6.07, 6.45) is 5.86. The lowest BCUT2D eigenvalue weighted by atomic mass is 9.88. The fraction of sp³-hybridized carbons (Fsp3) is 0.467. The first-order valence-electron chi connectivity index (χ1n) is 7.29. The lowest BCUT2D eigenvalue weighted by molar-refractivity contribution is 0.0696. The summed E-state index contributed by atoms with van der Waals surface area (Å²) in [6, 6.07) is 5.30.